The molecule has 6 heteroatoms. The molecule has 0 bridgehead atoms. The van der Waals surface area contributed by atoms with Gasteiger partial charge in [0.1, 0.15) is 5.01 Å². The first-order valence-corrected chi connectivity index (χ1v) is 8.03. The third kappa shape index (κ3) is 4.71. The molecule has 0 saturated carbocycles. The molecule has 0 aromatic carbocycles. The number of piperidine rings is 1. The summed E-state index contributed by atoms with van der Waals surface area (Å²) in [6.07, 6.45) is 3.83. The molecule has 0 spiro atoms. The number of anilines is 1. The van der Waals surface area contributed by atoms with Gasteiger partial charge < -0.3 is 10.1 Å². The molecule has 19 heavy (non-hydrogen) atoms. The fraction of sp³-hybridized carbons (Fsp3) is 0.846. The first-order valence-electron chi connectivity index (χ1n) is 7.22. The minimum absolute atomic E-state index is 0.456. The zero-order valence-corrected chi connectivity index (χ0v) is 12.7. The second-order valence-electron chi connectivity index (χ2n) is 4.86. The van der Waals surface area contributed by atoms with Crippen LogP contribution < -0.4 is 5.32 Å². The van der Waals surface area contributed by atoms with Gasteiger partial charge in [0.2, 0.25) is 5.13 Å². The molecular weight excluding hydrogens is 260 g/mol. The maximum Gasteiger partial charge on any atom is 0.205 e. The molecule has 0 unspecified atom stereocenters. The summed E-state index contributed by atoms with van der Waals surface area (Å²) in [4.78, 5) is 2.44. The summed E-state index contributed by atoms with van der Waals surface area (Å²) in [6, 6.07) is 0. The molecule has 1 aliphatic heterocycles. The minimum atomic E-state index is 0.456. The molecule has 0 aliphatic carbocycles. The highest BCUT2D eigenvalue weighted by molar-refractivity contribution is 7.15. The van der Waals surface area contributed by atoms with Crippen LogP contribution in [0.4, 0.5) is 5.13 Å². The van der Waals surface area contributed by atoms with Gasteiger partial charge in [0.05, 0.1) is 12.6 Å². The van der Waals surface area contributed by atoms with E-state index in [1.165, 1.54) is 0 Å². The van der Waals surface area contributed by atoms with E-state index in [-0.39, 0.29) is 0 Å². The van der Waals surface area contributed by atoms with E-state index in [2.05, 4.69) is 34.3 Å². The Hall–Kier alpha value is -0.720. The Bertz CT molecular complexity index is 363. The highest BCUT2D eigenvalue weighted by Gasteiger charge is 2.20. The van der Waals surface area contributed by atoms with Crippen LogP contribution in [-0.2, 0) is 11.3 Å². The van der Waals surface area contributed by atoms with Gasteiger partial charge in [-0.05, 0) is 26.2 Å². The summed E-state index contributed by atoms with van der Waals surface area (Å²) in [5.41, 5.74) is 0. The van der Waals surface area contributed by atoms with Crippen molar-refractivity contribution in [2.75, 3.05) is 31.6 Å². The Morgan fingerprint density at radius 1 is 1.32 bits per heavy atom. The highest BCUT2D eigenvalue weighted by atomic mass is 32.1. The normalized spacial score (nSPS) is 17.8. The van der Waals surface area contributed by atoms with Crippen LogP contribution in [-0.4, -0.2) is 47.4 Å². The van der Waals surface area contributed by atoms with Crippen LogP contribution in [0.3, 0.4) is 0 Å². The quantitative estimate of drug-likeness (QED) is 0.833. The second-order valence-corrected chi connectivity index (χ2v) is 5.92. The van der Waals surface area contributed by atoms with Crippen molar-refractivity contribution < 1.29 is 4.74 Å². The van der Waals surface area contributed by atoms with Gasteiger partial charge in [0, 0.05) is 26.2 Å². The van der Waals surface area contributed by atoms with Crippen LogP contribution in [0.2, 0.25) is 0 Å². The Kier molecular flexibility index (Phi) is 6.00. The Morgan fingerprint density at radius 2 is 2.11 bits per heavy atom. The lowest BCUT2D eigenvalue weighted by molar-refractivity contribution is 0.0125. The van der Waals surface area contributed by atoms with Gasteiger partial charge in [-0.25, -0.2) is 0 Å². The van der Waals surface area contributed by atoms with E-state index < -0.39 is 0 Å². The summed E-state index contributed by atoms with van der Waals surface area (Å²) in [7, 11) is 0. The molecule has 1 aromatic rings. The summed E-state index contributed by atoms with van der Waals surface area (Å²) < 4.78 is 5.67. The topological polar surface area (TPSA) is 50.3 Å². The Balaban J connectivity index is 1.74. The number of rotatable bonds is 7. The molecule has 0 atom stereocenters. The van der Waals surface area contributed by atoms with Crippen molar-refractivity contribution in [2.24, 2.45) is 0 Å². The van der Waals surface area contributed by atoms with Gasteiger partial charge in [0.15, 0.2) is 0 Å². The first-order chi connectivity index (χ1) is 9.31. The number of nitrogens with zero attached hydrogens (tertiary/aromatic N) is 3. The number of likely N-dealkylation sites (tertiary alicyclic amines) is 1. The zero-order chi connectivity index (χ0) is 13.5. The highest BCUT2D eigenvalue weighted by Crippen LogP contribution is 2.20. The van der Waals surface area contributed by atoms with Crippen LogP contribution in [0.5, 0.6) is 0 Å². The minimum Gasteiger partial charge on any atom is -0.378 e. The van der Waals surface area contributed by atoms with Crippen molar-refractivity contribution in [1.29, 1.82) is 0 Å². The second kappa shape index (κ2) is 7.77. The molecule has 5 nitrogen and oxygen atoms in total. The molecule has 2 rings (SSSR count). The fourth-order valence-electron chi connectivity index (χ4n) is 2.28. The van der Waals surface area contributed by atoms with Gasteiger partial charge in [0.25, 0.3) is 0 Å². The number of aromatic nitrogens is 2. The predicted octanol–water partition coefficient (Wildman–Crippen LogP) is 2.36. The Labute approximate surface area is 119 Å². The molecule has 0 amide bonds. The molecule has 1 N–H and O–H groups in total. The number of ether oxygens (including phenoxy) is 1. The van der Waals surface area contributed by atoms with Gasteiger partial charge in [-0.1, -0.05) is 18.3 Å². The molecule has 1 saturated heterocycles. The number of hydrogen-bond acceptors (Lipinski definition) is 6. The van der Waals surface area contributed by atoms with Gasteiger partial charge in [-0.15, -0.1) is 10.2 Å². The van der Waals surface area contributed by atoms with E-state index in [0.717, 1.165) is 62.2 Å². The lowest BCUT2D eigenvalue weighted by Crippen LogP contribution is -2.36. The maximum absolute atomic E-state index is 5.67. The molecule has 1 fully saturated rings. The van der Waals surface area contributed by atoms with E-state index in [4.69, 9.17) is 4.74 Å². The van der Waals surface area contributed by atoms with Crippen molar-refractivity contribution in [3.8, 4) is 0 Å². The average Bonchev–Trinajstić information content (AvgIpc) is 2.87. The molecule has 0 radical (unpaired) electrons. The van der Waals surface area contributed by atoms with Crippen LogP contribution in [0, 0.1) is 0 Å². The maximum atomic E-state index is 5.67. The van der Waals surface area contributed by atoms with Crippen LogP contribution in [0.1, 0.15) is 38.1 Å². The van der Waals surface area contributed by atoms with E-state index in [9.17, 15) is 0 Å². The van der Waals surface area contributed by atoms with Crippen molar-refractivity contribution in [3.05, 3.63) is 5.01 Å². The van der Waals surface area contributed by atoms with Crippen molar-refractivity contribution >= 4 is 16.5 Å². The fourth-order valence-corrected chi connectivity index (χ4v) is 3.09. The van der Waals surface area contributed by atoms with E-state index in [0.29, 0.717) is 6.10 Å². The van der Waals surface area contributed by atoms with Gasteiger partial charge in [-0.3, -0.25) is 4.90 Å². The van der Waals surface area contributed by atoms with Crippen molar-refractivity contribution in [1.82, 2.24) is 15.1 Å². The molecule has 1 aliphatic rings. The largest absolute Gasteiger partial charge is 0.378 e. The SMILES string of the molecule is CCCNc1nnc(CN2CCC(OCC)CC2)s1. The summed E-state index contributed by atoms with van der Waals surface area (Å²) in [5, 5.41) is 13.8. The summed E-state index contributed by atoms with van der Waals surface area (Å²) in [6.45, 7) is 9.13. The molecular formula is C13H24N4OS. The molecule has 1 aromatic heterocycles. The van der Waals surface area contributed by atoms with Crippen molar-refractivity contribution in [3.63, 3.8) is 0 Å². The van der Waals surface area contributed by atoms with E-state index in [1.54, 1.807) is 11.3 Å². The lowest BCUT2D eigenvalue weighted by atomic mass is 10.1. The van der Waals surface area contributed by atoms with E-state index >= 15 is 0 Å². The average molecular weight is 284 g/mol. The van der Waals surface area contributed by atoms with Crippen LogP contribution in [0.15, 0.2) is 0 Å². The van der Waals surface area contributed by atoms with Crippen LogP contribution in [0.25, 0.3) is 0 Å². The first kappa shape index (κ1) is 14.7. The van der Waals surface area contributed by atoms with Crippen LogP contribution >= 0.6 is 11.3 Å². The zero-order valence-electron chi connectivity index (χ0n) is 11.9. The molecule has 2 heterocycles. The third-order valence-electron chi connectivity index (χ3n) is 3.29. The smallest absolute Gasteiger partial charge is 0.205 e. The van der Waals surface area contributed by atoms with Gasteiger partial charge in [-0.2, -0.15) is 0 Å². The Morgan fingerprint density at radius 3 is 2.79 bits per heavy atom. The number of hydrogen-bond donors (Lipinski definition) is 1. The monoisotopic (exact) mass is 284 g/mol. The van der Waals surface area contributed by atoms with Crippen molar-refractivity contribution in [2.45, 2.75) is 45.8 Å². The van der Waals surface area contributed by atoms with Gasteiger partial charge >= 0.3 is 0 Å². The summed E-state index contributed by atoms with van der Waals surface area (Å²) >= 11 is 1.67. The number of nitrogens with one attached hydrogen (secondary N) is 1. The summed E-state index contributed by atoms with van der Waals surface area (Å²) in [5.74, 6) is 0. The standard InChI is InChI=1S/C13H24N4OS/c1-3-7-14-13-16-15-12(19-13)10-17-8-5-11(6-9-17)18-4-2/h11H,3-10H2,1-2H3,(H,14,16). The lowest BCUT2D eigenvalue weighted by Gasteiger charge is -2.30. The third-order valence-corrected chi connectivity index (χ3v) is 4.15. The van der Waals surface area contributed by atoms with E-state index in [1.807, 2.05) is 0 Å². The molecule has 108 valence electrons. The predicted molar refractivity (Wildman–Crippen MR) is 78.6 cm³/mol.